The molecule has 3 rings (SSSR count). The summed E-state index contributed by atoms with van der Waals surface area (Å²) in [5, 5.41) is 12.2. The molecule has 4 nitrogen and oxygen atoms in total. The van der Waals surface area contributed by atoms with Gasteiger partial charge in [-0.05, 0) is 19.1 Å². The number of aromatic nitrogens is 3. The second-order valence-corrected chi connectivity index (χ2v) is 5.70. The van der Waals surface area contributed by atoms with Gasteiger partial charge in [-0.25, -0.2) is 9.97 Å². The Bertz CT molecular complexity index is 781. The van der Waals surface area contributed by atoms with Crippen molar-refractivity contribution in [3.05, 3.63) is 42.4 Å². The van der Waals surface area contributed by atoms with Crippen molar-refractivity contribution >= 4 is 28.6 Å². The fourth-order valence-electron chi connectivity index (χ4n) is 2.53. The molecule has 0 bridgehead atoms. The number of phenolic OH excluding ortho intramolecular Hbond substituents is 1. The summed E-state index contributed by atoms with van der Waals surface area (Å²) < 4.78 is 1.96. The zero-order valence-corrected chi connectivity index (χ0v) is 14.4. The van der Waals surface area contributed by atoms with E-state index in [-0.39, 0.29) is 5.75 Å². The van der Waals surface area contributed by atoms with Gasteiger partial charge in [0.15, 0.2) is 0 Å². The Labute approximate surface area is 146 Å². The van der Waals surface area contributed by atoms with Crippen LogP contribution in [0.4, 0.5) is 0 Å². The Morgan fingerprint density at radius 3 is 2.65 bits per heavy atom. The van der Waals surface area contributed by atoms with Crippen LogP contribution in [-0.4, -0.2) is 37.4 Å². The molecule has 116 valence electrons. The van der Waals surface area contributed by atoms with Crippen LogP contribution in [-0.2, 0) is 7.05 Å². The maximum atomic E-state index is 9.90. The summed E-state index contributed by atoms with van der Waals surface area (Å²) in [6, 6.07) is 7.41. The number of nitrogens with zero attached hydrogens (tertiary/aromatic N) is 3. The van der Waals surface area contributed by atoms with Crippen LogP contribution in [0.15, 0.2) is 36.7 Å². The first-order valence-corrected chi connectivity index (χ1v) is 8.15. The van der Waals surface area contributed by atoms with E-state index in [1.54, 1.807) is 12.3 Å². The number of hydrogen-bond donors (Lipinski definition) is 1. The number of pyridine rings is 1. The van der Waals surface area contributed by atoms with Gasteiger partial charge in [0.2, 0.25) is 0 Å². The van der Waals surface area contributed by atoms with Gasteiger partial charge in [0, 0.05) is 36.1 Å². The van der Waals surface area contributed by atoms with E-state index in [4.69, 9.17) is 0 Å². The first-order chi connectivity index (χ1) is 11.1. The van der Waals surface area contributed by atoms with Gasteiger partial charge in [-0.3, -0.25) is 0 Å². The molecule has 0 fully saturated rings. The first-order valence-electron chi connectivity index (χ1n) is 8.15. The van der Waals surface area contributed by atoms with Crippen LogP contribution in [0.5, 0.6) is 5.75 Å². The van der Waals surface area contributed by atoms with Crippen molar-refractivity contribution < 1.29 is 5.11 Å². The molecule has 1 aromatic carbocycles. The molecular formula is C18H22LiN3O. The third-order valence-corrected chi connectivity index (χ3v) is 3.72. The zero-order chi connectivity index (χ0) is 16.8. The molecule has 2 aromatic heterocycles. The number of unbranched alkanes of at least 4 members (excludes halogenated alkanes) is 1. The van der Waals surface area contributed by atoms with E-state index in [0.717, 1.165) is 22.5 Å². The summed E-state index contributed by atoms with van der Waals surface area (Å²) in [6.07, 6.45) is 6.40. The third kappa shape index (κ3) is 4.16. The van der Waals surface area contributed by atoms with Gasteiger partial charge in [0.05, 0.1) is 0 Å². The van der Waals surface area contributed by atoms with Gasteiger partial charge in [-0.2, -0.15) is 0 Å². The van der Waals surface area contributed by atoms with Gasteiger partial charge >= 0.3 is 42.6 Å². The quantitative estimate of drug-likeness (QED) is 0.743. The van der Waals surface area contributed by atoms with E-state index in [1.165, 1.54) is 17.9 Å². The van der Waals surface area contributed by atoms with E-state index in [0.29, 0.717) is 5.52 Å². The van der Waals surface area contributed by atoms with Crippen molar-refractivity contribution in [1.29, 1.82) is 0 Å². The molecule has 0 unspecified atom stereocenters. The van der Waals surface area contributed by atoms with Gasteiger partial charge in [-0.15, -0.1) is 0 Å². The Morgan fingerprint density at radius 1 is 1.30 bits per heavy atom. The summed E-state index contributed by atoms with van der Waals surface area (Å²) in [5.74, 6) is 1.07. The van der Waals surface area contributed by atoms with Gasteiger partial charge in [0.1, 0.15) is 17.1 Å². The second kappa shape index (κ2) is 8.19. The Morgan fingerprint density at radius 2 is 2.09 bits per heavy atom. The average Bonchev–Trinajstić information content (AvgIpc) is 2.95. The van der Waals surface area contributed by atoms with Crippen molar-refractivity contribution in [3.8, 4) is 17.1 Å². The van der Waals surface area contributed by atoms with Crippen molar-refractivity contribution in [2.75, 3.05) is 0 Å². The summed E-state index contributed by atoms with van der Waals surface area (Å²) in [5.41, 5.74) is 2.47. The number of imidazole rings is 1. The van der Waals surface area contributed by atoms with Crippen molar-refractivity contribution in [1.82, 2.24) is 14.5 Å². The summed E-state index contributed by atoms with van der Waals surface area (Å²) >= 11 is 2.21. The van der Waals surface area contributed by atoms with Crippen LogP contribution in [0.1, 0.15) is 25.5 Å². The number of aromatic hydroxyl groups is 1. The van der Waals surface area contributed by atoms with Gasteiger partial charge in [0.25, 0.3) is 0 Å². The predicted molar refractivity (Wildman–Crippen MR) is 95.8 cm³/mol. The molecule has 0 amide bonds. The van der Waals surface area contributed by atoms with Crippen LogP contribution < -0.4 is 0 Å². The molecule has 5 heteroatoms. The molecule has 0 spiro atoms. The number of aryl methyl sites for hydroxylation is 2. The number of fused-ring (bicyclic) bond motifs is 1. The van der Waals surface area contributed by atoms with Crippen molar-refractivity contribution in [2.24, 2.45) is 7.05 Å². The van der Waals surface area contributed by atoms with Gasteiger partial charge in [-0.1, -0.05) is 12.1 Å². The molecule has 0 radical (unpaired) electrons. The van der Waals surface area contributed by atoms with Crippen molar-refractivity contribution in [2.45, 2.75) is 31.8 Å². The molecule has 2 heterocycles. The Kier molecular flexibility index (Phi) is 6.26. The third-order valence-electron chi connectivity index (χ3n) is 3.72. The molecule has 0 aliphatic rings. The van der Waals surface area contributed by atoms with Gasteiger partial charge < -0.3 is 9.67 Å². The molecule has 1 N–H and O–H groups in total. The summed E-state index contributed by atoms with van der Waals surface area (Å²) in [4.78, 5) is 8.75. The predicted octanol–water partition coefficient (Wildman–Crippen LogP) is 4.02. The van der Waals surface area contributed by atoms with E-state index < -0.39 is 0 Å². The molecule has 0 aliphatic heterocycles. The minimum atomic E-state index is 0.201. The molecule has 3 aromatic rings. The zero-order valence-electron chi connectivity index (χ0n) is 14.4. The topological polar surface area (TPSA) is 50.9 Å². The fraction of sp³-hybridized carbons (Fsp3) is 0.333. The maximum absolute atomic E-state index is 9.90. The SMILES string of the molecule is Cc1cc(-c2nccn2C)c2cccc(O)c2n1.[Li][CH2]CCC. The molecule has 23 heavy (non-hydrogen) atoms. The Hall–Kier alpha value is -1.76. The van der Waals surface area contributed by atoms with Crippen LogP contribution in [0.2, 0.25) is 5.09 Å². The molecule has 0 saturated carbocycles. The number of para-hydroxylation sites is 1. The van der Waals surface area contributed by atoms with Crippen LogP contribution in [0.3, 0.4) is 0 Å². The standard InChI is InChI=1S/C14H13N3O.C4H9.Li/c1-9-8-11(14-15-6-7-17(14)2)10-4-3-5-12(18)13(10)16-9;1-3-4-2;/h3-8,18H,1-2H3;1,3-4H2,2H3;. The fourth-order valence-corrected chi connectivity index (χ4v) is 2.53. The van der Waals surface area contributed by atoms with Crippen LogP contribution in [0, 0.1) is 6.92 Å². The van der Waals surface area contributed by atoms with E-state index in [2.05, 4.69) is 34.6 Å². The monoisotopic (exact) mass is 303 g/mol. The number of benzene rings is 1. The second-order valence-electron chi connectivity index (χ2n) is 5.70. The normalized spacial score (nSPS) is 10.5. The molecule has 0 saturated heterocycles. The number of rotatable bonds is 3. The Balaban J connectivity index is 0.000000338. The van der Waals surface area contributed by atoms with E-state index in [9.17, 15) is 5.11 Å². The van der Waals surface area contributed by atoms with Crippen molar-refractivity contribution in [3.63, 3.8) is 0 Å². The number of phenols is 1. The molecule has 0 atom stereocenters. The first kappa shape index (κ1) is 17.6. The molecule has 0 aliphatic carbocycles. The average molecular weight is 303 g/mol. The van der Waals surface area contributed by atoms with Crippen LogP contribution >= 0.6 is 0 Å². The summed E-state index contributed by atoms with van der Waals surface area (Å²) in [6.45, 7) is 4.13. The summed E-state index contributed by atoms with van der Waals surface area (Å²) in [7, 11) is 1.95. The number of hydrogen-bond acceptors (Lipinski definition) is 3. The van der Waals surface area contributed by atoms with E-state index in [1.807, 2.05) is 42.9 Å². The van der Waals surface area contributed by atoms with Crippen LogP contribution in [0.25, 0.3) is 22.3 Å². The molecular weight excluding hydrogens is 281 g/mol. The minimum absolute atomic E-state index is 0.201. The van der Waals surface area contributed by atoms with E-state index >= 15 is 0 Å².